The maximum atomic E-state index is 13.6. The number of fused-ring (bicyclic) bond motifs is 21. The lowest BCUT2D eigenvalue weighted by atomic mass is 9.80. The first-order valence-electron chi connectivity index (χ1n) is 42.7. The van der Waals surface area contributed by atoms with Gasteiger partial charge in [-0.1, -0.05) is 212 Å². The van der Waals surface area contributed by atoms with Gasteiger partial charge in [-0.05, 0) is 259 Å². The highest BCUT2D eigenvalue weighted by Gasteiger charge is 2.21. The van der Waals surface area contributed by atoms with Crippen LogP contribution in [-0.4, -0.2) is 50.4 Å². The monoisotopic (exact) mass is 1920 g/mol. The highest BCUT2D eigenvalue weighted by molar-refractivity contribution is 9.11. The molecular formula is C114H75BBr3F5N7O2+. The molecule has 18 heteroatoms. The first-order valence-corrected chi connectivity index (χ1v) is 45.0. The average molecular weight is 1920 g/mol. The normalized spacial score (nSPS) is 11.4. The van der Waals surface area contributed by atoms with Crippen molar-refractivity contribution in [2.45, 2.75) is 0 Å². The lowest BCUT2D eigenvalue weighted by molar-refractivity contribution is 0.426. The Morgan fingerprint density at radius 3 is 0.939 bits per heavy atom. The van der Waals surface area contributed by atoms with Crippen LogP contribution in [0.4, 0.5) is 22.0 Å². The van der Waals surface area contributed by atoms with Crippen LogP contribution in [0.25, 0.3) is 188 Å². The zero-order valence-electron chi connectivity index (χ0n) is 70.2. The first kappa shape index (κ1) is 84.9. The van der Waals surface area contributed by atoms with Crippen LogP contribution in [-0.2, 0) is 0 Å². The van der Waals surface area contributed by atoms with Gasteiger partial charge in [0, 0.05) is 134 Å². The fourth-order valence-electron chi connectivity index (χ4n) is 17.7. The van der Waals surface area contributed by atoms with Gasteiger partial charge < -0.3 is 43.3 Å². The lowest BCUT2D eigenvalue weighted by Crippen LogP contribution is -2.29. The quantitative estimate of drug-likeness (QED) is 0.0650. The van der Waals surface area contributed by atoms with E-state index in [2.05, 4.69) is 271 Å². The summed E-state index contributed by atoms with van der Waals surface area (Å²) in [5.74, 6) is -1.14. The van der Waals surface area contributed by atoms with Gasteiger partial charge in [0.1, 0.15) is 46.8 Å². The van der Waals surface area contributed by atoms with E-state index in [9.17, 15) is 32.0 Å². The third kappa shape index (κ3) is 17.1. The van der Waals surface area contributed by atoms with Gasteiger partial charge in [0.15, 0.2) is 5.69 Å². The number of aromatic amines is 3. The molecule has 26 rings (SSSR count). The molecular weight excluding hydrogens is 1840 g/mol. The predicted octanol–water partition coefficient (Wildman–Crippen LogP) is 31.1. The number of allylic oxidation sites excluding steroid dienone is 2. The van der Waals surface area contributed by atoms with Gasteiger partial charge in [0.25, 0.3) is 0 Å². The number of nitrogens with zero attached hydrogens (tertiary/aromatic N) is 4. The van der Waals surface area contributed by atoms with Crippen LogP contribution >= 0.6 is 47.8 Å². The molecule has 0 bridgehead atoms. The average Bonchev–Trinajstić information content (AvgIpc) is 1.55. The Hall–Kier alpha value is -15.2. The highest BCUT2D eigenvalue weighted by Crippen LogP contribution is 2.41. The van der Waals surface area contributed by atoms with E-state index in [-0.39, 0.29) is 29.1 Å². The van der Waals surface area contributed by atoms with Gasteiger partial charge >= 0.3 is 7.12 Å². The van der Waals surface area contributed by atoms with Crippen LogP contribution in [0.2, 0.25) is 0 Å². The summed E-state index contributed by atoms with van der Waals surface area (Å²) in [6.07, 6.45) is 9.09. The van der Waals surface area contributed by atoms with Crippen LogP contribution in [0.5, 0.6) is 0 Å². The van der Waals surface area contributed by atoms with E-state index in [1.165, 1.54) is 153 Å². The zero-order chi connectivity index (χ0) is 90.0. The van der Waals surface area contributed by atoms with Gasteiger partial charge in [0.2, 0.25) is 0 Å². The Kier molecular flexibility index (Phi) is 23.9. The second-order valence-electron chi connectivity index (χ2n) is 31.7. The van der Waals surface area contributed by atoms with Gasteiger partial charge in [-0.15, -0.1) is 0 Å². The van der Waals surface area contributed by atoms with Crippen molar-refractivity contribution in [3.8, 4) is 33.9 Å². The molecule has 636 valence electrons. The molecule has 0 unspecified atom stereocenters. The van der Waals surface area contributed by atoms with Crippen molar-refractivity contribution in [2.24, 2.45) is 0 Å². The highest BCUT2D eigenvalue weighted by atomic mass is 79.9. The molecule has 0 spiro atoms. The molecule has 7 aromatic heterocycles. The molecule has 0 atom stereocenters. The van der Waals surface area contributed by atoms with Crippen LogP contribution in [0.3, 0.4) is 0 Å². The fourth-order valence-corrected chi connectivity index (χ4v) is 18.6. The molecule has 0 saturated carbocycles. The Morgan fingerprint density at radius 1 is 0.242 bits per heavy atom. The standard InChI is InChI=1S/C30H19FN2.C18H13BFNO2.C18H11BrFN.C18H12FN.C12H8BrN.C12H8N.C6H4BrF/c31-21-11-13-22(14-12-21)33-29-8-4-2-6-24(29)26-18-20(10-16-30(26)33)19-9-15-28-25(17-19)23-5-1-3-7-27(23)32-28;20-13-6-8-14(9-7-13)21-17-4-2-1-3-15(17)16-11-12(19(22)23)5-10-18(16)21;19-12-5-10-18-16(11-12)15-3-1-2-4-17(15)21(18)14-8-6-13(20)7-9-14;19-13-9-11-14(12-10-13)20-17-7-3-1-5-15(17)16-6-2-4-8-18(16)20;13-8-5-6-12-10(7-8)9-3-1-2-4-11(9)14-12;1-3-7-11-9(5-1)10-6-2-4-8-12(10)13-11;7-5-1-3-6(8)4-2-5/h1-18,32H;1-11,22-23H;1-11H;1-12H;1-7,14H;1-3,5-8,13H;1-4H/q;;;;;+1;. The topological polar surface area (TPSA) is 108 Å². The molecule has 18 aromatic carbocycles. The molecule has 0 fully saturated rings. The second-order valence-corrected chi connectivity index (χ2v) is 34.5. The van der Waals surface area contributed by atoms with Gasteiger partial charge in [-0.3, -0.25) is 0 Å². The number of halogens is 8. The number of aromatic nitrogens is 7. The van der Waals surface area contributed by atoms with E-state index in [1.807, 2.05) is 144 Å². The largest absolute Gasteiger partial charge is 0.488 e. The number of H-pyrrole nitrogens is 3. The van der Waals surface area contributed by atoms with Crippen LogP contribution in [0.15, 0.2) is 426 Å². The molecule has 9 nitrogen and oxygen atoms in total. The Morgan fingerprint density at radius 2 is 0.523 bits per heavy atom. The van der Waals surface area contributed by atoms with E-state index in [0.717, 1.165) is 108 Å². The summed E-state index contributed by atoms with van der Waals surface area (Å²) in [6, 6.07) is 130. The third-order valence-corrected chi connectivity index (χ3v) is 25.2. The Balaban J connectivity index is 0.0000000992. The number of rotatable bonds is 6. The third-order valence-electron chi connectivity index (χ3n) is 23.7. The molecule has 7 heterocycles. The van der Waals surface area contributed by atoms with E-state index in [0.29, 0.717) is 5.46 Å². The number of hydrogen-bond donors (Lipinski definition) is 5. The van der Waals surface area contributed by atoms with E-state index in [4.69, 9.17) is 0 Å². The molecule has 0 aliphatic heterocycles. The number of hydrogen-bond acceptors (Lipinski definition) is 2. The first-order chi connectivity index (χ1) is 64.6. The molecule has 0 saturated heterocycles. The summed E-state index contributed by atoms with van der Waals surface area (Å²) in [7, 11) is -1.51. The summed E-state index contributed by atoms with van der Waals surface area (Å²) >= 11 is 10.2. The summed E-state index contributed by atoms with van der Waals surface area (Å²) in [5, 5.41) is 34.3. The minimum atomic E-state index is -1.51. The van der Waals surface area contributed by atoms with Crippen molar-refractivity contribution in [1.29, 1.82) is 0 Å². The molecule has 5 N–H and O–H groups in total. The molecule has 0 amide bonds. The van der Waals surface area contributed by atoms with Gasteiger partial charge in [0.05, 0.1) is 55.7 Å². The minimum Gasteiger partial charge on any atom is -0.423 e. The molecule has 1 aliphatic carbocycles. The van der Waals surface area contributed by atoms with E-state index in [1.54, 1.807) is 36.4 Å². The van der Waals surface area contributed by atoms with Gasteiger partial charge in [-0.2, -0.15) is 0 Å². The van der Waals surface area contributed by atoms with Crippen LogP contribution in [0.1, 0.15) is 11.3 Å². The Labute approximate surface area is 779 Å². The second kappa shape index (κ2) is 37.1. The maximum absolute atomic E-state index is 13.6. The van der Waals surface area contributed by atoms with Crippen molar-refractivity contribution in [1.82, 2.24) is 33.2 Å². The van der Waals surface area contributed by atoms with Crippen molar-refractivity contribution >= 4 is 214 Å². The van der Waals surface area contributed by atoms with Crippen molar-refractivity contribution in [3.05, 3.63) is 472 Å². The number of nitrogens with one attached hydrogen (secondary N) is 3. The summed E-state index contributed by atoms with van der Waals surface area (Å²) in [6.45, 7) is 0. The summed E-state index contributed by atoms with van der Waals surface area (Å²) in [5.41, 5.74) is 23.5. The van der Waals surface area contributed by atoms with E-state index < -0.39 is 7.12 Å². The summed E-state index contributed by atoms with van der Waals surface area (Å²) in [4.78, 5) is 10.2. The van der Waals surface area contributed by atoms with Crippen molar-refractivity contribution in [2.75, 3.05) is 0 Å². The molecule has 25 aromatic rings. The fraction of sp³-hybridized carbons (Fsp3) is 0. The smallest absolute Gasteiger partial charge is 0.423 e. The van der Waals surface area contributed by atoms with Gasteiger partial charge in [-0.25, -0.2) is 22.0 Å². The maximum Gasteiger partial charge on any atom is 0.488 e. The van der Waals surface area contributed by atoms with Crippen molar-refractivity contribution < 1.29 is 32.0 Å². The SMILES string of the molecule is Brc1ccc2[nH]c3ccccc3c2c1.Fc1ccc(-n2c3ccccc3c3cc(-c4ccc5[nH]c6ccccc6c5c4)ccc32)cc1.Fc1ccc(-n2c3ccccc3c3cc(Br)ccc32)cc1.Fc1ccc(-n2c3ccccc3c3ccccc32)cc1.Fc1ccc(Br)cc1.OB(O)c1ccc2c(c1)c1ccccc1n2-c1ccc(F)cc1.[C+]1=Cc2[nH]c3ccccc3c2C=C1. The molecule has 1 aliphatic rings. The molecule has 0 radical (unpaired) electrons. The lowest BCUT2D eigenvalue weighted by Gasteiger charge is -2.08. The van der Waals surface area contributed by atoms with Crippen LogP contribution < -0.4 is 5.46 Å². The van der Waals surface area contributed by atoms with Crippen LogP contribution in [0, 0.1) is 35.2 Å². The molecule has 132 heavy (non-hydrogen) atoms. The van der Waals surface area contributed by atoms with Crippen molar-refractivity contribution in [3.63, 3.8) is 0 Å². The number of para-hydroxylation sites is 8. The predicted molar refractivity (Wildman–Crippen MR) is 548 cm³/mol. The summed E-state index contributed by atoms with van der Waals surface area (Å²) < 4.78 is 76.9. The Bertz CT molecular complexity index is 8600. The minimum absolute atomic E-state index is 0.201. The zero-order valence-corrected chi connectivity index (χ0v) is 75.0. The van der Waals surface area contributed by atoms with E-state index >= 15 is 0 Å². The number of benzene rings is 18.